The van der Waals surface area contributed by atoms with Gasteiger partial charge in [-0.05, 0) is 24.5 Å². The minimum absolute atomic E-state index is 0.173. The van der Waals surface area contributed by atoms with E-state index in [4.69, 9.17) is 0 Å². The predicted molar refractivity (Wildman–Crippen MR) is 93.9 cm³/mol. The first-order valence-electron chi connectivity index (χ1n) is 8.29. The Balaban J connectivity index is 2.03. The number of nitrogens with zero attached hydrogens (tertiary/aromatic N) is 1. The van der Waals surface area contributed by atoms with Gasteiger partial charge in [0.15, 0.2) is 23.3 Å². The number of allylic oxidation sites excluding steroid dienone is 1. The molecule has 2 rings (SSSR count). The van der Waals surface area contributed by atoms with E-state index < -0.39 is 46.5 Å². The SMILES string of the molecule is C=C(CCC(=O)N(C)OC(=O)c1c(F)c(F)c(F)c(F)c1F)c1ccc(C)cc1. The molecular weight excluding hydrogens is 397 g/mol. The zero-order valence-electron chi connectivity index (χ0n) is 15.5. The Morgan fingerprint density at radius 2 is 1.38 bits per heavy atom. The van der Waals surface area contributed by atoms with Gasteiger partial charge in [-0.15, -0.1) is 0 Å². The summed E-state index contributed by atoms with van der Waals surface area (Å²) >= 11 is 0. The van der Waals surface area contributed by atoms with Gasteiger partial charge in [0, 0.05) is 13.5 Å². The van der Waals surface area contributed by atoms with Crippen LogP contribution >= 0.6 is 0 Å². The molecule has 0 fully saturated rings. The zero-order chi connectivity index (χ0) is 21.9. The van der Waals surface area contributed by atoms with Crippen LogP contribution in [0, 0.1) is 36.0 Å². The number of hydrogen-bond donors (Lipinski definition) is 0. The first-order valence-corrected chi connectivity index (χ1v) is 8.29. The van der Waals surface area contributed by atoms with Crippen molar-refractivity contribution in [3.8, 4) is 0 Å². The van der Waals surface area contributed by atoms with Gasteiger partial charge in [-0.1, -0.05) is 36.4 Å². The van der Waals surface area contributed by atoms with Crippen molar-refractivity contribution in [3.63, 3.8) is 0 Å². The molecule has 0 aromatic heterocycles. The lowest BCUT2D eigenvalue weighted by Gasteiger charge is -2.17. The highest BCUT2D eigenvalue weighted by Crippen LogP contribution is 2.24. The van der Waals surface area contributed by atoms with E-state index in [1.807, 2.05) is 31.2 Å². The summed E-state index contributed by atoms with van der Waals surface area (Å²) < 4.78 is 66.7. The lowest BCUT2D eigenvalue weighted by atomic mass is 10.0. The topological polar surface area (TPSA) is 46.6 Å². The van der Waals surface area contributed by atoms with Crippen LogP contribution in [-0.2, 0) is 9.63 Å². The molecule has 1 amide bonds. The van der Waals surface area contributed by atoms with Crippen molar-refractivity contribution in [1.29, 1.82) is 0 Å². The second-order valence-electron chi connectivity index (χ2n) is 6.18. The molecule has 0 atom stereocenters. The van der Waals surface area contributed by atoms with Crippen molar-refractivity contribution >= 4 is 17.4 Å². The molecule has 9 heteroatoms. The van der Waals surface area contributed by atoms with Crippen molar-refractivity contribution in [3.05, 3.63) is 76.6 Å². The normalized spacial score (nSPS) is 10.6. The maximum absolute atomic E-state index is 13.6. The fourth-order valence-corrected chi connectivity index (χ4v) is 2.35. The molecule has 154 valence electrons. The first kappa shape index (κ1) is 22.1. The third-order valence-electron chi connectivity index (χ3n) is 4.09. The number of hydroxylamine groups is 2. The molecule has 0 aliphatic heterocycles. The molecule has 0 unspecified atom stereocenters. The summed E-state index contributed by atoms with van der Waals surface area (Å²) in [6.07, 6.45) is 0.0138. The second kappa shape index (κ2) is 8.85. The fraction of sp³-hybridized carbons (Fsp3) is 0.200. The number of benzene rings is 2. The van der Waals surface area contributed by atoms with Crippen molar-refractivity contribution in [1.82, 2.24) is 5.06 Å². The zero-order valence-corrected chi connectivity index (χ0v) is 15.5. The molecule has 0 N–H and O–H groups in total. The number of aryl methyl sites for hydroxylation is 1. The van der Waals surface area contributed by atoms with Crippen LogP contribution in [0.5, 0.6) is 0 Å². The third kappa shape index (κ3) is 4.79. The van der Waals surface area contributed by atoms with E-state index in [1.54, 1.807) is 0 Å². The van der Waals surface area contributed by atoms with Crippen molar-refractivity contribution in [2.75, 3.05) is 7.05 Å². The number of halogens is 5. The summed E-state index contributed by atoms with van der Waals surface area (Å²) in [5.41, 5.74) is 0.671. The van der Waals surface area contributed by atoms with Crippen LogP contribution in [0.25, 0.3) is 5.57 Å². The smallest absolute Gasteiger partial charge is 0.333 e. The molecule has 0 spiro atoms. The number of carbonyl (C=O) groups excluding carboxylic acids is 2. The summed E-state index contributed by atoms with van der Waals surface area (Å²) in [6.45, 7) is 5.76. The number of rotatable bonds is 5. The second-order valence-corrected chi connectivity index (χ2v) is 6.18. The Morgan fingerprint density at radius 1 is 0.897 bits per heavy atom. The molecule has 2 aromatic carbocycles. The predicted octanol–water partition coefficient (Wildman–Crippen LogP) is 4.71. The minimum atomic E-state index is -2.41. The van der Waals surface area contributed by atoms with Gasteiger partial charge in [0.05, 0.1) is 0 Å². The van der Waals surface area contributed by atoms with Crippen LogP contribution in [0.1, 0.15) is 34.3 Å². The van der Waals surface area contributed by atoms with Crippen molar-refractivity contribution < 1.29 is 36.4 Å². The number of carbonyl (C=O) groups is 2. The van der Waals surface area contributed by atoms with Gasteiger partial charge >= 0.3 is 5.97 Å². The minimum Gasteiger partial charge on any atom is -0.333 e. The molecule has 29 heavy (non-hydrogen) atoms. The van der Waals surface area contributed by atoms with Gasteiger partial charge in [0.2, 0.25) is 5.82 Å². The molecule has 0 aliphatic rings. The Hall–Kier alpha value is -3.23. The van der Waals surface area contributed by atoms with Crippen molar-refractivity contribution in [2.24, 2.45) is 0 Å². The van der Waals surface area contributed by atoms with Crippen LogP contribution in [-0.4, -0.2) is 24.0 Å². The van der Waals surface area contributed by atoms with E-state index in [9.17, 15) is 31.5 Å². The third-order valence-corrected chi connectivity index (χ3v) is 4.09. The number of amides is 1. The van der Waals surface area contributed by atoms with Crippen LogP contribution < -0.4 is 0 Å². The molecule has 0 saturated carbocycles. The quantitative estimate of drug-likeness (QED) is 0.309. The lowest BCUT2D eigenvalue weighted by Crippen LogP contribution is -2.31. The van der Waals surface area contributed by atoms with E-state index in [0.29, 0.717) is 10.6 Å². The van der Waals surface area contributed by atoms with E-state index in [-0.39, 0.29) is 12.8 Å². The Bertz CT molecular complexity index is 944. The van der Waals surface area contributed by atoms with Crippen LogP contribution in [0.2, 0.25) is 0 Å². The maximum Gasteiger partial charge on any atom is 0.369 e. The Kier molecular flexibility index (Phi) is 6.73. The summed E-state index contributed by atoms with van der Waals surface area (Å²) in [6, 6.07) is 7.35. The molecule has 4 nitrogen and oxygen atoms in total. The highest BCUT2D eigenvalue weighted by atomic mass is 19.2. The summed E-state index contributed by atoms with van der Waals surface area (Å²) in [5, 5.41) is 0.364. The largest absolute Gasteiger partial charge is 0.369 e. The monoisotopic (exact) mass is 413 g/mol. The van der Waals surface area contributed by atoms with Crippen LogP contribution in [0.4, 0.5) is 22.0 Å². The van der Waals surface area contributed by atoms with Crippen LogP contribution in [0.15, 0.2) is 30.8 Å². The van der Waals surface area contributed by atoms with Crippen molar-refractivity contribution in [2.45, 2.75) is 19.8 Å². The van der Waals surface area contributed by atoms with Gasteiger partial charge in [0.1, 0.15) is 5.56 Å². The molecule has 0 aliphatic carbocycles. The van der Waals surface area contributed by atoms with E-state index in [0.717, 1.165) is 18.2 Å². The average Bonchev–Trinajstić information content (AvgIpc) is 2.69. The van der Waals surface area contributed by atoms with Gasteiger partial charge in [0.25, 0.3) is 5.91 Å². The molecule has 0 heterocycles. The van der Waals surface area contributed by atoms with Gasteiger partial charge in [-0.25, -0.2) is 26.7 Å². The van der Waals surface area contributed by atoms with Gasteiger partial charge in [-0.3, -0.25) is 4.79 Å². The Morgan fingerprint density at radius 3 is 1.90 bits per heavy atom. The fourth-order valence-electron chi connectivity index (χ4n) is 2.35. The Labute approximate surface area is 163 Å². The highest BCUT2D eigenvalue weighted by molar-refractivity contribution is 5.91. The van der Waals surface area contributed by atoms with E-state index in [1.165, 1.54) is 0 Å². The number of hydrogen-bond acceptors (Lipinski definition) is 3. The highest BCUT2D eigenvalue weighted by Gasteiger charge is 2.32. The molecule has 0 saturated heterocycles. The standard InChI is InChI=1S/C20H16F5NO3/c1-10-4-7-12(8-5-10)11(2)6-9-13(27)26(3)29-20(28)14-15(21)17(23)19(25)18(24)16(14)22/h4-5,7-8H,2,6,9H2,1,3H3. The first-order chi connectivity index (χ1) is 13.5. The molecule has 0 radical (unpaired) electrons. The maximum atomic E-state index is 13.6. The van der Waals surface area contributed by atoms with E-state index >= 15 is 0 Å². The summed E-state index contributed by atoms with van der Waals surface area (Å²) in [4.78, 5) is 28.4. The average molecular weight is 413 g/mol. The molecule has 2 aromatic rings. The van der Waals surface area contributed by atoms with Gasteiger partial charge in [-0.2, -0.15) is 5.06 Å². The molecular formula is C20H16F5NO3. The summed E-state index contributed by atoms with van der Waals surface area (Å²) in [5.74, 6) is -14.4. The van der Waals surface area contributed by atoms with Gasteiger partial charge < -0.3 is 4.84 Å². The molecule has 0 bridgehead atoms. The van der Waals surface area contributed by atoms with E-state index in [2.05, 4.69) is 11.4 Å². The lowest BCUT2D eigenvalue weighted by molar-refractivity contribution is -0.161. The van der Waals surface area contributed by atoms with Crippen LogP contribution in [0.3, 0.4) is 0 Å². The summed E-state index contributed by atoms with van der Waals surface area (Å²) in [7, 11) is 0.973.